The highest BCUT2D eigenvalue weighted by Crippen LogP contribution is 2.39. The van der Waals surface area contributed by atoms with Crippen LogP contribution in [0.3, 0.4) is 0 Å². The molecule has 8 heteroatoms. The fourth-order valence-electron chi connectivity index (χ4n) is 3.15. The second-order valence-electron chi connectivity index (χ2n) is 6.97. The molecule has 0 saturated heterocycles. The van der Waals surface area contributed by atoms with Crippen LogP contribution in [0, 0.1) is 10.2 Å². The zero-order valence-electron chi connectivity index (χ0n) is 17.5. The second-order valence-corrected chi connectivity index (χ2v) is 8.81. The molecule has 0 aliphatic rings. The molecule has 164 valence electrons. The summed E-state index contributed by atoms with van der Waals surface area (Å²) in [6.45, 7) is 0. The number of nitrogens with zero attached hydrogens (tertiary/aromatic N) is 2. The van der Waals surface area contributed by atoms with Gasteiger partial charge in [0, 0.05) is 61.0 Å². The molecule has 6 nitrogen and oxygen atoms in total. The third-order valence-corrected chi connectivity index (χ3v) is 5.65. The first-order valence-corrected chi connectivity index (χ1v) is 11.6. The Kier molecular flexibility index (Phi) is 7.87. The van der Waals surface area contributed by atoms with Gasteiger partial charge in [-0.3, -0.25) is 4.98 Å². The average Bonchev–Trinajstić information content (AvgIpc) is 2.79. The molecule has 0 aliphatic heterocycles. The zero-order valence-corrected chi connectivity index (χ0v) is 19.0. The van der Waals surface area contributed by atoms with Crippen molar-refractivity contribution in [2.24, 2.45) is 0 Å². The van der Waals surface area contributed by atoms with Crippen LogP contribution in [0.4, 0.5) is 5.69 Å². The summed E-state index contributed by atoms with van der Waals surface area (Å²) < 4.78 is 34.0. The Morgan fingerprint density at radius 3 is 1.62 bits per heavy atom. The average molecular weight is 469 g/mol. The smallest absolute Gasteiger partial charge is 0.239 e. The van der Waals surface area contributed by atoms with E-state index in [2.05, 4.69) is 103 Å². The summed E-state index contributed by atoms with van der Waals surface area (Å²) in [6, 6.07) is 27.8. The van der Waals surface area contributed by atoms with E-state index in [4.69, 9.17) is 18.6 Å². The lowest BCUT2D eigenvalue weighted by Crippen LogP contribution is -2.68. The molecule has 0 amide bonds. The number of benzene rings is 2. The Morgan fingerprint density at radius 2 is 1.19 bits per heavy atom. The maximum absolute atomic E-state index is 8.49. The molecular formula is C24H21ClN2O4S. The molecule has 2 aromatic heterocycles. The van der Waals surface area contributed by atoms with Gasteiger partial charge in [-0.05, 0) is 35.9 Å². The maximum atomic E-state index is 8.49. The number of anilines is 1. The van der Waals surface area contributed by atoms with E-state index in [1.807, 2.05) is 23.7 Å². The summed E-state index contributed by atoms with van der Waals surface area (Å²) in [6.07, 6.45) is 3.81. The highest BCUT2D eigenvalue weighted by molar-refractivity contribution is 7.18. The van der Waals surface area contributed by atoms with E-state index in [-0.39, 0.29) is 0 Å². The SMILES string of the molecule is CN(C)c1ccncc1-c1cc(-c2ccccc2)[s+]c(-c2ccccc2)c1.[O-][Cl+3]([O-])([O-])[O-]. The Bertz CT molecular complexity index is 1090. The van der Waals surface area contributed by atoms with Crippen LogP contribution in [0.1, 0.15) is 0 Å². The molecule has 0 saturated carbocycles. The quantitative estimate of drug-likeness (QED) is 0.422. The van der Waals surface area contributed by atoms with Crippen molar-refractivity contribution in [2.75, 3.05) is 19.0 Å². The molecule has 2 aromatic carbocycles. The van der Waals surface area contributed by atoms with Crippen molar-refractivity contribution >= 4 is 17.0 Å². The van der Waals surface area contributed by atoms with Crippen LogP contribution in [0.15, 0.2) is 91.3 Å². The number of hydrogen-bond acceptors (Lipinski definition) is 6. The molecule has 0 aliphatic carbocycles. The number of aromatic nitrogens is 1. The summed E-state index contributed by atoms with van der Waals surface area (Å²) in [5.74, 6) is 0. The minimum atomic E-state index is -4.94. The van der Waals surface area contributed by atoms with Crippen LogP contribution < -0.4 is 23.5 Å². The lowest BCUT2D eigenvalue weighted by atomic mass is 10.0. The van der Waals surface area contributed by atoms with Crippen molar-refractivity contribution in [3.63, 3.8) is 0 Å². The number of rotatable bonds is 4. The van der Waals surface area contributed by atoms with Crippen LogP contribution in [0.25, 0.3) is 32.0 Å². The van der Waals surface area contributed by atoms with Crippen LogP contribution in [-0.2, 0) is 0 Å². The third-order valence-electron chi connectivity index (χ3n) is 4.50. The van der Waals surface area contributed by atoms with Gasteiger partial charge in [-0.25, -0.2) is 18.6 Å². The molecule has 4 rings (SSSR count). The van der Waals surface area contributed by atoms with E-state index in [1.54, 1.807) is 0 Å². The number of halogens is 1. The highest BCUT2D eigenvalue weighted by Gasteiger charge is 2.20. The summed E-state index contributed by atoms with van der Waals surface area (Å²) in [5.41, 5.74) is 5.96. The van der Waals surface area contributed by atoms with Crippen molar-refractivity contribution in [1.29, 1.82) is 0 Å². The van der Waals surface area contributed by atoms with Crippen LogP contribution in [0.2, 0.25) is 0 Å². The third kappa shape index (κ3) is 6.80. The fraction of sp³-hybridized carbons (Fsp3) is 0.0833. The second kappa shape index (κ2) is 10.6. The highest BCUT2D eigenvalue weighted by atomic mass is 35.7. The van der Waals surface area contributed by atoms with Gasteiger partial charge < -0.3 is 4.90 Å². The first kappa shape index (κ1) is 23.7. The molecule has 0 spiro atoms. The molecule has 32 heavy (non-hydrogen) atoms. The van der Waals surface area contributed by atoms with Gasteiger partial charge in [0.05, 0.1) is 0 Å². The van der Waals surface area contributed by atoms with Crippen LogP contribution in [-0.4, -0.2) is 19.1 Å². The van der Waals surface area contributed by atoms with Gasteiger partial charge in [-0.2, -0.15) is 0 Å². The van der Waals surface area contributed by atoms with Gasteiger partial charge in [0.2, 0.25) is 21.1 Å². The van der Waals surface area contributed by atoms with E-state index >= 15 is 0 Å². The topological polar surface area (TPSA) is 108 Å². The Balaban J connectivity index is 0.000000523. The van der Waals surface area contributed by atoms with Crippen molar-refractivity contribution in [1.82, 2.24) is 4.98 Å². The Morgan fingerprint density at radius 1 is 0.719 bits per heavy atom. The van der Waals surface area contributed by atoms with E-state index in [0.717, 1.165) is 5.56 Å². The maximum Gasteiger partial charge on any atom is 0.239 e. The molecule has 0 N–H and O–H groups in total. The predicted octanol–water partition coefficient (Wildman–Crippen LogP) is 1.74. The molecular weight excluding hydrogens is 448 g/mol. The monoisotopic (exact) mass is 468 g/mol. The molecule has 0 radical (unpaired) electrons. The van der Waals surface area contributed by atoms with Crippen LogP contribution >= 0.6 is 11.3 Å². The molecule has 4 aromatic rings. The first-order valence-electron chi connectivity index (χ1n) is 9.55. The first-order chi connectivity index (χ1) is 15.2. The van der Waals surface area contributed by atoms with Crippen molar-refractivity contribution in [3.8, 4) is 32.0 Å². The summed E-state index contributed by atoms with van der Waals surface area (Å²) in [4.78, 5) is 9.02. The number of hydrogen-bond donors (Lipinski definition) is 0. The van der Waals surface area contributed by atoms with Gasteiger partial charge in [-0.1, -0.05) is 36.4 Å². The predicted molar refractivity (Wildman–Crippen MR) is 117 cm³/mol. The van der Waals surface area contributed by atoms with E-state index < -0.39 is 10.2 Å². The standard InChI is InChI=1S/C24H21N2S.ClHO4/c1-26(2)22-13-14-25-17-21(22)20-15-23(18-9-5-3-6-10-18)27-24(16-20)19-11-7-4-8-12-19;2-1(3,4)5/h3-17H,1-2H3;(H,2,3,4,5)/q+1;/p-1. The Labute approximate surface area is 193 Å². The van der Waals surface area contributed by atoms with Crippen molar-refractivity contribution in [3.05, 3.63) is 91.3 Å². The molecule has 0 fully saturated rings. The molecule has 2 heterocycles. The van der Waals surface area contributed by atoms with Crippen molar-refractivity contribution in [2.45, 2.75) is 0 Å². The minimum Gasteiger partial charge on any atom is -0.377 e. The summed E-state index contributed by atoms with van der Waals surface area (Å²) >= 11 is 1.82. The number of pyridine rings is 1. The summed E-state index contributed by atoms with van der Waals surface area (Å²) in [5, 5.41) is 0. The molecule has 0 unspecified atom stereocenters. The molecule has 0 bridgehead atoms. The van der Waals surface area contributed by atoms with Gasteiger partial charge in [0.25, 0.3) is 0 Å². The van der Waals surface area contributed by atoms with Crippen molar-refractivity contribution < 1.29 is 28.9 Å². The van der Waals surface area contributed by atoms with E-state index in [9.17, 15) is 0 Å². The minimum absolute atomic E-state index is 1.14. The van der Waals surface area contributed by atoms with E-state index in [0.29, 0.717) is 0 Å². The fourth-order valence-corrected chi connectivity index (χ4v) is 4.26. The Hall–Kier alpha value is -2.91. The lowest BCUT2D eigenvalue weighted by Gasteiger charge is -2.17. The van der Waals surface area contributed by atoms with E-state index in [1.165, 1.54) is 32.1 Å². The van der Waals surface area contributed by atoms with Crippen LogP contribution in [0.5, 0.6) is 0 Å². The van der Waals surface area contributed by atoms with Gasteiger partial charge >= 0.3 is 0 Å². The van der Waals surface area contributed by atoms with Gasteiger partial charge in [0.15, 0.2) is 0 Å². The largest absolute Gasteiger partial charge is 0.377 e. The van der Waals surface area contributed by atoms with Gasteiger partial charge in [-0.15, -0.1) is 10.2 Å². The summed E-state index contributed by atoms with van der Waals surface area (Å²) in [7, 11) is -0.804. The van der Waals surface area contributed by atoms with Gasteiger partial charge in [0.1, 0.15) is 0 Å². The lowest BCUT2D eigenvalue weighted by molar-refractivity contribution is -2.00. The molecule has 0 atom stereocenters. The zero-order chi connectivity index (χ0) is 23.1. The normalized spacial score (nSPS) is 10.8.